The fraction of sp³-hybridized carbons (Fsp3) is 0. The summed E-state index contributed by atoms with van der Waals surface area (Å²) in [6.45, 7) is 0. The number of rotatable bonds is 5. The average molecular weight is 376 g/mol. The zero-order valence-electron chi connectivity index (χ0n) is 13.5. The lowest BCUT2D eigenvalue weighted by molar-refractivity contribution is 0.103. The third kappa shape index (κ3) is 3.24. The van der Waals surface area contributed by atoms with Crippen LogP contribution in [0.2, 0.25) is 0 Å². The molecule has 0 N–H and O–H groups in total. The molecule has 4 rings (SSSR count). The monoisotopic (exact) mass is 376 g/mol. The van der Waals surface area contributed by atoms with Crippen LogP contribution in [0.3, 0.4) is 0 Å². The molecular formula is C20H12N2O2S2. The molecular weight excluding hydrogens is 364 g/mol. The van der Waals surface area contributed by atoms with Crippen LogP contribution in [-0.2, 0) is 0 Å². The van der Waals surface area contributed by atoms with Gasteiger partial charge >= 0.3 is 0 Å². The molecule has 4 nitrogen and oxygen atoms in total. The molecule has 4 aromatic heterocycles. The largest absolute Gasteiger partial charge is 0.286 e. The van der Waals surface area contributed by atoms with Gasteiger partial charge in [-0.3, -0.25) is 9.59 Å². The molecule has 0 bridgehead atoms. The Hall–Kier alpha value is -2.96. The molecule has 0 spiro atoms. The van der Waals surface area contributed by atoms with Gasteiger partial charge in [-0.2, -0.15) is 0 Å². The van der Waals surface area contributed by atoms with Gasteiger partial charge in [0.2, 0.25) is 11.6 Å². The third-order valence-corrected chi connectivity index (χ3v) is 5.45. The Morgan fingerprint density at radius 3 is 1.46 bits per heavy atom. The zero-order valence-corrected chi connectivity index (χ0v) is 15.1. The van der Waals surface area contributed by atoms with E-state index in [1.165, 1.54) is 22.7 Å². The first kappa shape index (κ1) is 16.5. The SMILES string of the molecule is O=C(c1cccc(-c2cccc(C(=O)c3cccs3)n2)n1)c1cccs1. The predicted molar refractivity (Wildman–Crippen MR) is 103 cm³/mol. The van der Waals surface area contributed by atoms with Crippen molar-refractivity contribution in [2.75, 3.05) is 0 Å². The molecule has 126 valence electrons. The van der Waals surface area contributed by atoms with Gasteiger partial charge in [0.15, 0.2) is 0 Å². The molecule has 0 saturated heterocycles. The van der Waals surface area contributed by atoms with Crippen LogP contribution in [0, 0.1) is 0 Å². The summed E-state index contributed by atoms with van der Waals surface area (Å²) in [5, 5.41) is 3.72. The summed E-state index contributed by atoms with van der Waals surface area (Å²) < 4.78 is 0. The van der Waals surface area contributed by atoms with Gasteiger partial charge < -0.3 is 0 Å². The van der Waals surface area contributed by atoms with Crippen LogP contribution in [-0.4, -0.2) is 21.5 Å². The topological polar surface area (TPSA) is 59.9 Å². The van der Waals surface area contributed by atoms with E-state index in [9.17, 15) is 9.59 Å². The van der Waals surface area contributed by atoms with Crippen molar-refractivity contribution in [1.29, 1.82) is 0 Å². The Kier molecular flexibility index (Phi) is 4.51. The highest BCUT2D eigenvalue weighted by molar-refractivity contribution is 7.12. The van der Waals surface area contributed by atoms with E-state index in [2.05, 4.69) is 9.97 Å². The van der Waals surface area contributed by atoms with Crippen LogP contribution in [0.4, 0.5) is 0 Å². The van der Waals surface area contributed by atoms with E-state index < -0.39 is 0 Å². The molecule has 0 aliphatic heterocycles. The second kappa shape index (κ2) is 7.11. The molecule has 0 radical (unpaired) electrons. The minimum absolute atomic E-state index is 0.118. The summed E-state index contributed by atoms with van der Waals surface area (Å²) >= 11 is 2.77. The summed E-state index contributed by atoms with van der Waals surface area (Å²) in [6.07, 6.45) is 0. The lowest BCUT2D eigenvalue weighted by Gasteiger charge is -2.05. The first-order chi connectivity index (χ1) is 12.7. The number of hydrogen-bond acceptors (Lipinski definition) is 6. The molecule has 4 aromatic rings. The molecule has 0 atom stereocenters. The van der Waals surface area contributed by atoms with E-state index in [-0.39, 0.29) is 11.6 Å². The third-order valence-electron chi connectivity index (χ3n) is 3.72. The fourth-order valence-corrected chi connectivity index (χ4v) is 3.82. The fourth-order valence-electron chi connectivity index (χ4n) is 2.48. The van der Waals surface area contributed by atoms with E-state index >= 15 is 0 Å². The lowest BCUT2D eigenvalue weighted by Crippen LogP contribution is -2.05. The molecule has 0 fully saturated rings. The number of thiophene rings is 2. The number of carbonyl (C=O) groups excluding carboxylic acids is 2. The summed E-state index contributed by atoms with van der Waals surface area (Å²) in [7, 11) is 0. The number of pyridine rings is 2. The van der Waals surface area contributed by atoms with Gasteiger partial charge in [0.1, 0.15) is 11.4 Å². The number of aromatic nitrogens is 2. The van der Waals surface area contributed by atoms with Crippen molar-refractivity contribution in [3.05, 3.63) is 92.6 Å². The smallest absolute Gasteiger partial charge is 0.221 e. The van der Waals surface area contributed by atoms with Crippen LogP contribution >= 0.6 is 22.7 Å². The highest BCUT2D eigenvalue weighted by Gasteiger charge is 2.15. The molecule has 0 amide bonds. The van der Waals surface area contributed by atoms with Gasteiger partial charge in [0.25, 0.3) is 0 Å². The van der Waals surface area contributed by atoms with E-state index in [1.54, 1.807) is 48.5 Å². The highest BCUT2D eigenvalue weighted by atomic mass is 32.1. The maximum atomic E-state index is 12.5. The van der Waals surface area contributed by atoms with Crippen molar-refractivity contribution in [2.24, 2.45) is 0 Å². The van der Waals surface area contributed by atoms with Crippen molar-refractivity contribution in [2.45, 2.75) is 0 Å². The Morgan fingerprint density at radius 2 is 1.08 bits per heavy atom. The van der Waals surface area contributed by atoms with E-state index in [0.717, 1.165) is 0 Å². The van der Waals surface area contributed by atoms with Gasteiger partial charge in [-0.25, -0.2) is 9.97 Å². The summed E-state index contributed by atoms with van der Waals surface area (Å²) in [4.78, 5) is 35.2. The molecule has 0 aromatic carbocycles. The number of ketones is 2. The Labute approximate surface area is 157 Å². The summed E-state index contributed by atoms with van der Waals surface area (Å²) in [5.74, 6) is -0.236. The van der Waals surface area contributed by atoms with Crippen molar-refractivity contribution >= 4 is 34.2 Å². The Morgan fingerprint density at radius 1 is 0.615 bits per heavy atom. The summed E-state index contributed by atoms with van der Waals surface area (Å²) in [6, 6.07) is 17.7. The van der Waals surface area contributed by atoms with Crippen LogP contribution < -0.4 is 0 Å². The molecule has 0 aliphatic carbocycles. The molecule has 6 heteroatoms. The first-order valence-corrected chi connectivity index (χ1v) is 9.59. The van der Waals surface area contributed by atoms with Crippen LogP contribution in [0.5, 0.6) is 0 Å². The van der Waals surface area contributed by atoms with E-state index in [1.807, 2.05) is 22.9 Å². The normalized spacial score (nSPS) is 10.6. The van der Waals surface area contributed by atoms with Gasteiger partial charge in [-0.1, -0.05) is 24.3 Å². The minimum Gasteiger partial charge on any atom is -0.286 e. The van der Waals surface area contributed by atoms with Crippen molar-refractivity contribution in [1.82, 2.24) is 9.97 Å². The van der Waals surface area contributed by atoms with Crippen LogP contribution in [0.1, 0.15) is 30.7 Å². The Balaban J connectivity index is 1.68. The van der Waals surface area contributed by atoms with Crippen LogP contribution in [0.25, 0.3) is 11.4 Å². The second-order valence-electron chi connectivity index (χ2n) is 5.43. The molecule has 0 unspecified atom stereocenters. The van der Waals surface area contributed by atoms with Crippen LogP contribution in [0.15, 0.2) is 71.4 Å². The lowest BCUT2D eigenvalue weighted by atomic mass is 10.1. The number of nitrogens with zero attached hydrogens (tertiary/aromatic N) is 2. The van der Waals surface area contributed by atoms with E-state index in [0.29, 0.717) is 32.5 Å². The van der Waals surface area contributed by atoms with Gasteiger partial charge in [-0.15, -0.1) is 22.7 Å². The average Bonchev–Trinajstić information content (AvgIpc) is 3.41. The predicted octanol–water partition coefficient (Wildman–Crippen LogP) is 4.73. The minimum atomic E-state index is -0.118. The molecule has 4 heterocycles. The Bertz CT molecular complexity index is 983. The number of carbonyl (C=O) groups is 2. The quantitative estimate of drug-likeness (QED) is 0.473. The second-order valence-corrected chi connectivity index (χ2v) is 7.32. The molecule has 0 aliphatic rings. The zero-order chi connectivity index (χ0) is 17.9. The standard InChI is InChI=1S/C20H12N2O2S2/c23-19(17-9-3-11-25-17)15-7-1-5-13(21-15)14-6-2-8-16(22-14)20(24)18-10-4-12-26-18/h1-12H. The van der Waals surface area contributed by atoms with E-state index in [4.69, 9.17) is 0 Å². The maximum Gasteiger partial charge on any atom is 0.221 e. The van der Waals surface area contributed by atoms with Gasteiger partial charge in [0, 0.05) is 0 Å². The summed E-state index contributed by atoms with van der Waals surface area (Å²) in [5.41, 5.74) is 1.85. The van der Waals surface area contributed by atoms with Crippen molar-refractivity contribution < 1.29 is 9.59 Å². The first-order valence-electron chi connectivity index (χ1n) is 7.83. The van der Waals surface area contributed by atoms with Crippen molar-refractivity contribution in [3.63, 3.8) is 0 Å². The molecule has 26 heavy (non-hydrogen) atoms. The number of hydrogen-bond donors (Lipinski definition) is 0. The van der Waals surface area contributed by atoms with Gasteiger partial charge in [-0.05, 0) is 47.2 Å². The molecule has 0 saturated carbocycles. The maximum absolute atomic E-state index is 12.5. The van der Waals surface area contributed by atoms with Crippen molar-refractivity contribution in [3.8, 4) is 11.4 Å². The highest BCUT2D eigenvalue weighted by Crippen LogP contribution is 2.20. The van der Waals surface area contributed by atoms with Gasteiger partial charge in [0.05, 0.1) is 21.1 Å².